The van der Waals surface area contributed by atoms with Gasteiger partial charge in [-0.2, -0.15) is 0 Å². The monoisotopic (exact) mass is 248 g/mol. The number of hydrogen-bond donors (Lipinski definition) is 1. The Morgan fingerprint density at radius 1 is 1.50 bits per heavy atom. The van der Waals surface area contributed by atoms with E-state index in [-0.39, 0.29) is 11.5 Å². The number of aryl methyl sites for hydroxylation is 1. The highest BCUT2D eigenvalue weighted by Gasteiger charge is 2.28. The normalized spacial score (nSPS) is 18.6. The molecule has 0 spiro atoms. The van der Waals surface area contributed by atoms with E-state index >= 15 is 0 Å². The third-order valence-electron chi connectivity index (χ3n) is 3.50. The van der Waals surface area contributed by atoms with Crippen molar-refractivity contribution in [2.45, 2.75) is 45.6 Å². The molecule has 0 radical (unpaired) electrons. The number of aliphatic carboxylic acids is 1. The zero-order valence-corrected chi connectivity index (χ0v) is 11.2. The van der Waals surface area contributed by atoms with Crippen LogP contribution in [0.15, 0.2) is 18.2 Å². The molecule has 0 amide bonds. The fourth-order valence-electron chi connectivity index (χ4n) is 2.31. The molecule has 2 rings (SSSR count). The van der Waals surface area contributed by atoms with Crippen molar-refractivity contribution in [1.29, 1.82) is 0 Å². The van der Waals surface area contributed by atoms with E-state index in [4.69, 9.17) is 9.84 Å². The van der Waals surface area contributed by atoms with Crippen LogP contribution in [-0.2, 0) is 17.6 Å². The molecule has 1 aromatic carbocycles. The first kappa shape index (κ1) is 12.9. The molecule has 98 valence electrons. The SMILES string of the molecule is CC(Cc1cccc2c1OC(C)(C)CC2)C(=O)O. The van der Waals surface area contributed by atoms with E-state index < -0.39 is 5.97 Å². The second kappa shape index (κ2) is 4.63. The van der Waals surface area contributed by atoms with Crippen LogP contribution < -0.4 is 4.74 Å². The lowest BCUT2D eigenvalue weighted by Crippen LogP contribution is -2.33. The predicted octanol–water partition coefficient (Wildman–Crippen LogP) is 3.05. The van der Waals surface area contributed by atoms with Gasteiger partial charge < -0.3 is 9.84 Å². The van der Waals surface area contributed by atoms with Crippen molar-refractivity contribution >= 4 is 5.97 Å². The summed E-state index contributed by atoms with van der Waals surface area (Å²) in [5.74, 6) is -0.241. The van der Waals surface area contributed by atoms with Gasteiger partial charge in [-0.25, -0.2) is 0 Å². The van der Waals surface area contributed by atoms with E-state index in [1.54, 1.807) is 6.92 Å². The van der Waals surface area contributed by atoms with Crippen LogP contribution in [0.4, 0.5) is 0 Å². The summed E-state index contributed by atoms with van der Waals surface area (Å²) >= 11 is 0. The fourth-order valence-corrected chi connectivity index (χ4v) is 2.31. The van der Waals surface area contributed by atoms with Crippen LogP contribution in [0, 0.1) is 5.92 Å². The lowest BCUT2D eigenvalue weighted by molar-refractivity contribution is -0.141. The summed E-state index contributed by atoms with van der Waals surface area (Å²) in [5, 5.41) is 9.01. The quantitative estimate of drug-likeness (QED) is 0.894. The molecule has 0 aromatic heterocycles. The number of para-hydroxylation sites is 1. The first-order valence-corrected chi connectivity index (χ1v) is 6.41. The number of rotatable bonds is 3. The van der Waals surface area contributed by atoms with Crippen LogP contribution in [0.25, 0.3) is 0 Å². The van der Waals surface area contributed by atoms with Gasteiger partial charge in [-0.3, -0.25) is 4.79 Å². The van der Waals surface area contributed by atoms with Crippen LogP contribution in [0.5, 0.6) is 5.75 Å². The van der Waals surface area contributed by atoms with Gasteiger partial charge in [0, 0.05) is 0 Å². The van der Waals surface area contributed by atoms with Crippen molar-refractivity contribution in [2.75, 3.05) is 0 Å². The Morgan fingerprint density at radius 2 is 2.22 bits per heavy atom. The largest absolute Gasteiger partial charge is 0.487 e. The molecule has 1 aromatic rings. The number of carboxylic acids is 1. The Morgan fingerprint density at radius 3 is 2.89 bits per heavy atom. The van der Waals surface area contributed by atoms with E-state index in [9.17, 15) is 4.79 Å². The number of carboxylic acid groups (broad SMARTS) is 1. The fraction of sp³-hybridized carbons (Fsp3) is 0.533. The van der Waals surface area contributed by atoms with Crippen LogP contribution in [0.1, 0.15) is 38.3 Å². The molecule has 18 heavy (non-hydrogen) atoms. The maximum atomic E-state index is 11.0. The van der Waals surface area contributed by atoms with Gasteiger partial charge in [-0.1, -0.05) is 25.1 Å². The zero-order valence-electron chi connectivity index (χ0n) is 11.2. The van der Waals surface area contributed by atoms with Crippen LogP contribution in [-0.4, -0.2) is 16.7 Å². The molecule has 0 aliphatic carbocycles. The van der Waals surface area contributed by atoms with Gasteiger partial charge in [-0.05, 0) is 44.2 Å². The first-order chi connectivity index (χ1) is 8.39. The summed E-state index contributed by atoms with van der Waals surface area (Å²) in [5.41, 5.74) is 2.05. The Labute approximate surface area is 108 Å². The highest BCUT2D eigenvalue weighted by Crippen LogP contribution is 2.36. The van der Waals surface area contributed by atoms with Gasteiger partial charge in [0.2, 0.25) is 0 Å². The number of fused-ring (bicyclic) bond motifs is 1. The maximum absolute atomic E-state index is 11.0. The van der Waals surface area contributed by atoms with E-state index in [0.717, 1.165) is 24.2 Å². The Balaban J connectivity index is 2.30. The summed E-state index contributed by atoms with van der Waals surface area (Å²) in [4.78, 5) is 11.0. The summed E-state index contributed by atoms with van der Waals surface area (Å²) in [6.07, 6.45) is 2.52. The van der Waals surface area contributed by atoms with Crippen molar-refractivity contribution in [3.8, 4) is 5.75 Å². The van der Waals surface area contributed by atoms with Crippen molar-refractivity contribution in [1.82, 2.24) is 0 Å². The van der Waals surface area contributed by atoms with Crippen LogP contribution in [0.3, 0.4) is 0 Å². The topological polar surface area (TPSA) is 46.5 Å². The molecule has 1 aliphatic heterocycles. The second-order valence-corrected chi connectivity index (χ2v) is 5.71. The lowest BCUT2D eigenvalue weighted by Gasteiger charge is -2.34. The molecule has 0 saturated heterocycles. The first-order valence-electron chi connectivity index (χ1n) is 6.41. The zero-order chi connectivity index (χ0) is 13.3. The van der Waals surface area contributed by atoms with Crippen molar-refractivity contribution in [2.24, 2.45) is 5.92 Å². The third kappa shape index (κ3) is 2.66. The smallest absolute Gasteiger partial charge is 0.306 e. The van der Waals surface area contributed by atoms with Crippen molar-refractivity contribution in [3.05, 3.63) is 29.3 Å². The minimum absolute atomic E-state index is 0.157. The maximum Gasteiger partial charge on any atom is 0.306 e. The second-order valence-electron chi connectivity index (χ2n) is 5.71. The minimum atomic E-state index is -0.761. The van der Waals surface area contributed by atoms with Gasteiger partial charge in [0.15, 0.2) is 0 Å². The summed E-state index contributed by atoms with van der Waals surface area (Å²) in [6, 6.07) is 6.03. The summed E-state index contributed by atoms with van der Waals surface area (Å²) in [6.45, 7) is 5.89. The molecule has 1 heterocycles. The van der Waals surface area contributed by atoms with Crippen molar-refractivity contribution in [3.63, 3.8) is 0 Å². The number of hydrogen-bond acceptors (Lipinski definition) is 2. The molecular formula is C15H20O3. The number of ether oxygens (including phenoxy) is 1. The summed E-state index contributed by atoms with van der Waals surface area (Å²) in [7, 11) is 0. The van der Waals surface area contributed by atoms with Crippen molar-refractivity contribution < 1.29 is 14.6 Å². The minimum Gasteiger partial charge on any atom is -0.487 e. The Hall–Kier alpha value is -1.51. The van der Waals surface area contributed by atoms with E-state index in [1.807, 2.05) is 12.1 Å². The standard InChI is InChI=1S/C15H20O3/c1-10(14(16)17)9-12-6-4-5-11-7-8-15(2,3)18-13(11)12/h4-6,10H,7-9H2,1-3H3,(H,16,17). The number of benzene rings is 1. The Bertz CT molecular complexity index is 463. The number of carbonyl (C=O) groups is 1. The molecule has 0 fully saturated rings. The van der Waals surface area contributed by atoms with Crippen LogP contribution >= 0.6 is 0 Å². The molecule has 1 atom stereocenters. The van der Waals surface area contributed by atoms with E-state index in [0.29, 0.717) is 6.42 Å². The molecule has 1 aliphatic rings. The molecule has 0 bridgehead atoms. The highest BCUT2D eigenvalue weighted by atomic mass is 16.5. The average molecular weight is 248 g/mol. The van der Waals surface area contributed by atoms with Gasteiger partial charge in [0.25, 0.3) is 0 Å². The average Bonchev–Trinajstić information content (AvgIpc) is 2.29. The van der Waals surface area contributed by atoms with Gasteiger partial charge >= 0.3 is 5.97 Å². The molecule has 3 heteroatoms. The summed E-state index contributed by atoms with van der Waals surface area (Å²) < 4.78 is 6.04. The van der Waals surface area contributed by atoms with Gasteiger partial charge in [0.05, 0.1) is 5.92 Å². The lowest BCUT2D eigenvalue weighted by atomic mass is 9.90. The molecule has 1 unspecified atom stereocenters. The van der Waals surface area contributed by atoms with E-state index in [1.165, 1.54) is 5.56 Å². The Kier molecular flexibility index (Phi) is 3.33. The highest BCUT2D eigenvalue weighted by molar-refractivity contribution is 5.70. The van der Waals surface area contributed by atoms with Crippen LogP contribution in [0.2, 0.25) is 0 Å². The molecule has 0 saturated carbocycles. The van der Waals surface area contributed by atoms with E-state index in [2.05, 4.69) is 19.9 Å². The molecular weight excluding hydrogens is 228 g/mol. The predicted molar refractivity (Wildman–Crippen MR) is 70.0 cm³/mol. The third-order valence-corrected chi connectivity index (χ3v) is 3.50. The van der Waals surface area contributed by atoms with Gasteiger partial charge in [0.1, 0.15) is 11.4 Å². The van der Waals surface area contributed by atoms with Gasteiger partial charge in [-0.15, -0.1) is 0 Å². The molecule has 3 nitrogen and oxygen atoms in total. The molecule has 1 N–H and O–H groups in total.